The lowest BCUT2D eigenvalue weighted by Crippen LogP contribution is -2.23. The molecule has 0 bridgehead atoms. The lowest BCUT2D eigenvalue weighted by molar-refractivity contribution is 0.964. The minimum atomic E-state index is 0.246. The summed E-state index contributed by atoms with van der Waals surface area (Å²) in [5.41, 5.74) is 3.32. The quantitative estimate of drug-likeness (QED) is 0.701. The summed E-state index contributed by atoms with van der Waals surface area (Å²) in [5, 5.41) is 17.3. The Bertz CT molecular complexity index is 407. The Labute approximate surface area is 90.2 Å². The standard InChI is InChI=1S/C12H13N3/c1-10-3-4-12(9-11(10)2)15(7-5-13)8-6-14/h3-4,9H,7-8H2,1-2H3. The third-order valence-corrected chi connectivity index (χ3v) is 2.38. The number of aryl methyl sites for hydroxylation is 2. The average Bonchev–Trinajstić information content (AvgIpc) is 2.22. The second-order valence-corrected chi connectivity index (χ2v) is 3.44. The van der Waals surface area contributed by atoms with E-state index in [9.17, 15) is 0 Å². The van der Waals surface area contributed by atoms with Crippen molar-refractivity contribution in [2.24, 2.45) is 0 Å². The number of hydrogen-bond acceptors (Lipinski definition) is 3. The maximum Gasteiger partial charge on any atom is 0.106 e. The van der Waals surface area contributed by atoms with Crippen molar-refractivity contribution in [1.29, 1.82) is 10.5 Å². The van der Waals surface area contributed by atoms with Crippen molar-refractivity contribution in [2.75, 3.05) is 18.0 Å². The Kier molecular flexibility index (Phi) is 3.71. The summed E-state index contributed by atoms with van der Waals surface area (Å²) in [4.78, 5) is 1.76. The molecule has 0 fully saturated rings. The third kappa shape index (κ3) is 2.72. The van der Waals surface area contributed by atoms with Crippen molar-refractivity contribution in [3.8, 4) is 12.1 Å². The monoisotopic (exact) mass is 199 g/mol. The van der Waals surface area contributed by atoms with E-state index in [1.165, 1.54) is 11.1 Å². The van der Waals surface area contributed by atoms with Crippen LogP contribution in [0.5, 0.6) is 0 Å². The van der Waals surface area contributed by atoms with Crippen LogP contribution in [0.4, 0.5) is 5.69 Å². The maximum atomic E-state index is 8.65. The van der Waals surface area contributed by atoms with Gasteiger partial charge in [0.15, 0.2) is 0 Å². The van der Waals surface area contributed by atoms with E-state index in [2.05, 4.69) is 12.1 Å². The predicted molar refractivity (Wildman–Crippen MR) is 59.4 cm³/mol. The van der Waals surface area contributed by atoms with Crippen LogP contribution in [0.25, 0.3) is 0 Å². The summed E-state index contributed by atoms with van der Waals surface area (Å²) in [6.07, 6.45) is 0. The first-order valence-corrected chi connectivity index (χ1v) is 4.75. The van der Waals surface area contributed by atoms with Gasteiger partial charge in [-0.05, 0) is 37.1 Å². The summed E-state index contributed by atoms with van der Waals surface area (Å²) < 4.78 is 0. The molecule has 0 N–H and O–H groups in total. The van der Waals surface area contributed by atoms with E-state index in [0.29, 0.717) is 0 Å². The first kappa shape index (κ1) is 11.1. The Morgan fingerprint density at radius 3 is 2.13 bits per heavy atom. The van der Waals surface area contributed by atoms with Crippen molar-refractivity contribution in [3.05, 3.63) is 29.3 Å². The molecule has 15 heavy (non-hydrogen) atoms. The molecule has 0 spiro atoms. The van der Waals surface area contributed by atoms with E-state index in [1.54, 1.807) is 4.90 Å². The molecule has 0 saturated heterocycles. The van der Waals surface area contributed by atoms with Crippen LogP contribution < -0.4 is 4.90 Å². The summed E-state index contributed by atoms with van der Waals surface area (Å²) in [6, 6.07) is 10.1. The van der Waals surface area contributed by atoms with Gasteiger partial charge >= 0.3 is 0 Å². The highest BCUT2D eigenvalue weighted by Crippen LogP contribution is 2.18. The number of anilines is 1. The van der Waals surface area contributed by atoms with E-state index in [0.717, 1.165) is 5.69 Å². The van der Waals surface area contributed by atoms with Gasteiger partial charge in [-0.3, -0.25) is 0 Å². The third-order valence-electron chi connectivity index (χ3n) is 2.38. The van der Waals surface area contributed by atoms with Crippen LogP contribution in [0.15, 0.2) is 18.2 Å². The van der Waals surface area contributed by atoms with Crippen molar-refractivity contribution >= 4 is 5.69 Å². The van der Waals surface area contributed by atoms with E-state index < -0.39 is 0 Å². The van der Waals surface area contributed by atoms with E-state index >= 15 is 0 Å². The molecule has 76 valence electrons. The molecule has 0 amide bonds. The summed E-state index contributed by atoms with van der Waals surface area (Å²) in [6.45, 7) is 4.56. The molecule has 3 nitrogen and oxygen atoms in total. The minimum Gasteiger partial charge on any atom is -0.345 e. The average molecular weight is 199 g/mol. The molecule has 0 aliphatic rings. The van der Waals surface area contributed by atoms with Gasteiger partial charge in [-0.25, -0.2) is 0 Å². The highest BCUT2D eigenvalue weighted by molar-refractivity contribution is 5.51. The van der Waals surface area contributed by atoms with Crippen LogP contribution in [-0.2, 0) is 0 Å². The van der Waals surface area contributed by atoms with Gasteiger partial charge in [0, 0.05) is 5.69 Å². The number of rotatable bonds is 3. The van der Waals surface area contributed by atoms with Gasteiger partial charge in [-0.15, -0.1) is 0 Å². The highest BCUT2D eigenvalue weighted by Gasteiger charge is 2.05. The molecule has 0 unspecified atom stereocenters. The predicted octanol–water partition coefficient (Wildman–Crippen LogP) is 2.16. The SMILES string of the molecule is Cc1ccc(N(CC#N)CC#N)cc1C. The van der Waals surface area contributed by atoms with Crippen molar-refractivity contribution in [1.82, 2.24) is 0 Å². The molecule has 0 atom stereocenters. The molecule has 0 heterocycles. The Balaban J connectivity index is 2.97. The number of benzene rings is 1. The lowest BCUT2D eigenvalue weighted by Gasteiger charge is -2.18. The highest BCUT2D eigenvalue weighted by atomic mass is 15.1. The van der Waals surface area contributed by atoms with Crippen LogP contribution in [0.2, 0.25) is 0 Å². The van der Waals surface area contributed by atoms with E-state index in [-0.39, 0.29) is 13.1 Å². The summed E-state index contributed by atoms with van der Waals surface area (Å²) >= 11 is 0. The minimum absolute atomic E-state index is 0.246. The normalized spacial score (nSPS) is 9.07. The van der Waals surface area contributed by atoms with E-state index in [4.69, 9.17) is 10.5 Å². The molecular weight excluding hydrogens is 186 g/mol. The van der Waals surface area contributed by atoms with Gasteiger partial charge in [0.2, 0.25) is 0 Å². The number of nitriles is 2. The summed E-state index contributed by atoms with van der Waals surface area (Å²) in [5.74, 6) is 0. The topological polar surface area (TPSA) is 50.8 Å². The lowest BCUT2D eigenvalue weighted by atomic mass is 10.1. The zero-order valence-electron chi connectivity index (χ0n) is 8.99. The number of hydrogen-bond donors (Lipinski definition) is 0. The molecule has 3 heteroatoms. The van der Waals surface area contributed by atoms with Crippen LogP contribution in [0, 0.1) is 36.5 Å². The molecule has 0 aliphatic carbocycles. The van der Waals surface area contributed by atoms with E-state index in [1.807, 2.05) is 32.0 Å². The molecule has 0 aliphatic heterocycles. The van der Waals surface area contributed by atoms with Gasteiger partial charge in [-0.2, -0.15) is 10.5 Å². The zero-order chi connectivity index (χ0) is 11.3. The van der Waals surface area contributed by atoms with Crippen LogP contribution in [0.1, 0.15) is 11.1 Å². The molecule has 0 aromatic heterocycles. The van der Waals surface area contributed by atoms with Gasteiger partial charge in [0.1, 0.15) is 13.1 Å². The fraction of sp³-hybridized carbons (Fsp3) is 0.333. The Morgan fingerprint density at radius 1 is 1.07 bits per heavy atom. The Morgan fingerprint density at radius 2 is 1.67 bits per heavy atom. The largest absolute Gasteiger partial charge is 0.345 e. The molecule has 1 rings (SSSR count). The fourth-order valence-corrected chi connectivity index (χ4v) is 1.33. The first-order chi connectivity index (χ1) is 7.19. The van der Waals surface area contributed by atoms with Crippen molar-refractivity contribution in [2.45, 2.75) is 13.8 Å². The van der Waals surface area contributed by atoms with Crippen LogP contribution >= 0.6 is 0 Å². The van der Waals surface area contributed by atoms with Crippen LogP contribution in [-0.4, -0.2) is 13.1 Å². The maximum absolute atomic E-state index is 8.65. The van der Waals surface area contributed by atoms with Crippen molar-refractivity contribution in [3.63, 3.8) is 0 Å². The first-order valence-electron chi connectivity index (χ1n) is 4.75. The molecule has 1 aromatic carbocycles. The molecule has 0 saturated carbocycles. The van der Waals surface area contributed by atoms with Gasteiger partial charge < -0.3 is 4.90 Å². The molecular formula is C12H13N3. The second-order valence-electron chi connectivity index (χ2n) is 3.44. The molecule has 0 radical (unpaired) electrons. The second kappa shape index (κ2) is 5.02. The molecule has 1 aromatic rings. The smallest absolute Gasteiger partial charge is 0.106 e. The van der Waals surface area contributed by atoms with Gasteiger partial charge in [-0.1, -0.05) is 6.07 Å². The summed E-state index contributed by atoms with van der Waals surface area (Å²) in [7, 11) is 0. The van der Waals surface area contributed by atoms with Crippen molar-refractivity contribution < 1.29 is 0 Å². The fourth-order valence-electron chi connectivity index (χ4n) is 1.33. The van der Waals surface area contributed by atoms with Crippen LogP contribution in [0.3, 0.4) is 0 Å². The number of nitrogens with zero attached hydrogens (tertiary/aromatic N) is 3. The van der Waals surface area contributed by atoms with Gasteiger partial charge in [0.05, 0.1) is 12.1 Å². The van der Waals surface area contributed by atoms with Gasteiger partial charge in [0.25, 0.3) is 0 Å². The Hall–Kier alpha value is -2.00. The zero-order valence-corrected chi connectivity index (χ0v) is 8.99.